The van der Waals surface area contributed by atoms with Gasteiger partial charge in [-0.2, -0.15) is 23.4 Å². The van der Waals surface area contributed by atoms with E-state index in [9.17, 15) is 13.2 Å². The van der Waals surface area contributed by atoms with E-state index in [1.54, 1.807) is 31.2 Å². The third-order valence-corrected chi connectivity index (χ3v) is 4.95. The van der Waals surface area contributed by atoms with Crippen molar-refractivity contribution < 1.29 is 13.2 Å². The number of benzene rings is 2. The minimum Gasteiger partial charge on any atom is -0.366 e. The van der Waals surface area contributed by atoms with Gasteiger partial charge in [-0.15, -0.1) is 5.10 Å². The van der Waals surface area contributed by atoms with Gasteiger partial charge in [-0.25, -0.2) is 9.53 Å². The molecule has 1 aliphatic rings. The number of rotatable bonds is 2. The molecule has 2 aromatic carbocycles. The fourth-order valence-electron chi connectivity index (χ4n) is 3.55. The third kappa shape index (κ3) is 3.34. The van der Waals surface area contributed by atoms with E-state index in [-0.39, 0.29) is 23.3 Å². The number of nitrogen functional groups attached to an aromatic ring is 1. The largest absolute Gasteiger partial charge is 0.416 e. The quantitative estimate of drug-likeness (QED) is 0.609. The summed E-state index contributed by atoms with van der Waals surface area (Å²) >= 11 is 0. The molecule has 0 fully saturated rings. The van der Waals surface area contributed by atoms with Crippen LogP contribution in [0.2, 0.25) is 0 Å². The molecular formula is C21H14F3N7. The van der Waals surface area contributed by atoms with Crippen LogP contribution >= 0.6 is 0 Å². The van der Waals surface area contributed by atoms with Crippen LogP contribution in [0.5, 0.6) is 0 Å². The number of nitriles is 1. The Morgan fingerprint density at radius 1 is 1.19 bits per heavy atom. The van der Waals surface area contributed by atoms with E-state index in [0.29, 0.717) is 16.8 Å². The summed E-state index contributed by atoms with van der Waals surface area (Å²) in [7, 11) is 0. The molecule has 7 nitrogen and oxygen atoms in total. The Hall–Kier alpha value is -4.31. The first-order chi connectivity index (χ1) is 14.7. The summed E-state index contributed by atoms with van der Waals surface area (Å²) in [6.45, 7) is 9.38. The zero-order valence-corrected chi connectivity index (χ0v) is 16.1. The van der Waals surface area contributed by atoms with Gasteiger partial charge >= 0.3 is 6.18 Å². The summed E-state index contributed by atoms with van der Waals surface area (Å²) in [6.07, 6.45) is -4.52. The van der Waals surface area contributed by atoms with Gasteiger partial charge in [-0.05, 0) is 42.8 Å². The van der Waals surface area contributed by atoms with Crippen molar-refractivity contribution in [2.24, 2.45) is 0 Å². The topological polar surface area (TPSA) is 88.1 Å². The van der Waals surface area contributed by atoms with Crippen molar-refractivity contribution in [3.63, 3.8) is 0 Å². The van der Waals surface area contributed by atoms with Crippen LogP contribution in [0.4, 0.5) is 30.8 Å². The monoisotopic (exact) mass is 421 g/mol. The standard InChI is InChI=1S/C21H14F3N7/c1-12-17(27-2)18(14-8-6-13(11-25)7-9-14)31-20(28-19(26)29-31)30(12)16-5-3-4-15(10-16)21(22,23)24/h3-10,18H,1H3,(H2,26,29)/t18-/m1/s1. The van der Waals surface area contributed by atoms with E-state index >= 15 is 0 Å². The molecule has 0 amide bonds. The SMILES string of the molecule is [C-]#[N+]C1=C(C)N(c2cccc(C(F)(F)F)c2)c2nc(N)nn2[C@@H]1c1ccc(C#N)cc1. The smallest absolute Gasteiger partial charge is 0.366 e. The molecule has 2 heterocycles. The maximum Gasteiger partial charge on any atom is 0.416 e. The average Bonchev–Trinajstić information content (AvgIpc) is 3.13. The van der Waals surface area contributed by atoms with Gasteiger partial charge in [0.15, 0.2) is 0 Å². The van der Waals surface area contributed by atoms with E-state index < -0.39 is 17.8 Å². The van der Waals surface area contributed by atoms with Gasteiger partial charge in [0.25, 0.3) is 0 Å². The van der Waals surface area contributed by atoms with Crippen molar-refractivity contribution >= 4 is 17.6 Å². The van der Waals surface area contributed by atoms with Crippen LogP contribution in [0.1, 0.15) is 29.7 Å². The third-order valence-electron chi connectivity index (χ3n) is 4.95. The minimum atomic E-state index is -4.52. The van der Waals surface area contributed by atoms with E-state index in [1.165, 1.54) is 21.7 Å². The fraction of sp³-hybridized carbons (Fsp3) is 0.143. The lowest BCUT2D eigenvalue weighted by Gasteiger charge is -2.34. The van der Waals surface area contributed by atoms with Crippen LogP contribution in [0.25, 0.3) is 4.85 Å². The number of hydrogen-bond acceptors (Lipinski definition) is 5. The van der Waals surface area contributed by atoms with E-state index in [4.69, 9.17) is 17.6 Å². The molecule has 154 valence electrons. The van der Waals surface area contributed by atoms with Crippen LogP contribution in [0, 0.1) is 17.9 Å². The molecule has 0 unspecified atom stereocenters. The number of alkyl halides is 3. The van der Waals surface area contributed by atoms with Gasteiger partial charge < -0.3 is 5.73 Å². The maximum absolute atomic E-state index is 13.3. The van der Waals surface area contributed by atoms with E-state index in [2.05, 4.69) is 14.9 Å². The molecule has 0 spiro atoms. The van der Waals surface area contributed by atoms with Gasteiger partial charge in [0.2, 0.25) is 17.6 Å². The van der Waals surface area contributed by atoms with E-state index in [0.717, 1.165) is 12.1 Å². The zero-order valence-electron chi connectivity index (χ0n) is 16.1. The molecule has 1 atom stereocenters. The number of allylic oxidation sites excluding steroid dienone is 2. The molecule has 3 aromatic rings. The van der Waals surface area contributed by atoms with Crippen LogP contribution < -0.4 is 10.6 Å². The number of anilines is 3. The van der Waals surface area contributed by atoms with Crippen LogP contribution in [0.15, 0.2) is 59.9 Å². The lowest BCUT2D eigenvalue weighted by Crippen LogP contribution is -2.30. The number of aromatic nitrogens is 3. The van der Waals surface area contributed by atoms with Crippen molar-refractivity contribution in [1.82, 2.24) is 14.8 Å². The zero-order chi connectivity index (χ0) is 22.3. The molecule has 2 N–H and O–H groups in total. The summed E-state index contributed by atoms with van der Waals surface area (Å²) in [6, 6.07) is 12.7. The number of fused-ring (bicyclic) bond motifs is 1. The molecular weight excluding hydrogens is 407 g/mol. The van der Waals surface area contributed by atoms with Gasteiger partial charge in [0.05, 0.1) is 23.8 Å². The number of nitrogens with two attached hydrogens (primary N) is 1. The lowest BCUT2D eigenvalue weighted by atomic mass is 9.99. The maximum atomic E-state index is 13.3. The summed E-state index contributed by atoms with van der Waals surface area (Å²) in [5.41, 5.74) is 6.96. The second kappa shape index (κ2) is 7.18. The Kier molecular flexibility index (Phi) is 4.63. The molecule has 0 radical (unpaired) electrons. The molecule has 1 aromatic heterocycles. The second-order valence-electron chi connectivity index (χ2n) is 6.82. The number of halogens is 3. The summed E-state index contributed by atoms with van der Waals surface area (Å²) in [5.74, 6) is 0.112. The number of hydrogen-bond donors (Lipinski definition) is 1. The van der Waals surface area contributed by atoms with Crippen LogP contribution in [-0.4, -0.2) is 14.8 Å². The molecule has 4 rings (SSSR count). The van der Waals surface area contributed by atoms with Crippen LogP contribution in [0.3, 0.4) is 0 Å². The highest BCUT2D eigenvalue weighted by atomic mass is 19.4. The Labute approximate surface area is 175 Å². The molecule has 0 bridgehead atoms. The Bertz CT molecular complexity index is 1270. The highest BCUT2D eigenvalue weighted by Crippen LogP contribution is 2.43. The Balaban J connectivity index is 1.92. The van der Waals surface area contributed by atoms with Gasteiger partial charge in [-0.1, -0.05) is 18.2 Å². The fourth-order valence-corrected chi connectivity index (χ4v) is 3.55. The van der Waals surface area contributed by atoms with Crippen molar-refractivity contribution in [2.45, 2.75) is 19.1 Å². The van der Waals surface area contributed by atoms with E-state index in [1.807, 2.05) is 6.07 Å². The molecule has 0 aliphatic carbocycles. The summed E-state index contributed by atoms with van der Waals surface area (Å²) in [4.78, 5) is 9.31. The Morgan fingerprint density at radius 2 is 1.90 bits per heavy atom. The second-order valence-corrected chi connectivity index (χ2v) is 6.82. The first kappa shape index (κ1) is 20.0. The van der Waals surface area contributed by atoms with Gasteiger partial charge in [-0.3, -0.25) is 4.90 Å². The average molecular weight is 421 g/mol. The van der Waals surface area contributed by atoms with Crippen molar-refractivity contribution in [3.05, 3.63) is 88.0 Å². The predicted molar refractivity (Wildman–Crippen MR) is 107 cm³/mol. The first-order valence-electron chi connectivity index (χ1n) is 9.02. The first-order valence-corrected chi connectivity index (χ1v) is 9.02. The highest BCUT2D eigenvalue weighted by Gasteiger charge is 2.37. The van der Waals surface area contributed by atoms with Gasteiger partial charge in [0.1, 0.15) is 6.04 Å². The summed E-state index contributed by atoms with van der Waals surface area (Å²) < 4.78 is 41.2. The van der Waals surface area contributed by atoms with Crippen molar-refractivity contribution in [3.8, 4) is 6.07 Å². The summed E-state index contributed by atoms with van der Waals surface area (Å²) in [5, 5.41) is 13.2. The molecule has 0 saturated carbocycles. The lowest BCUT2D eigenvalue weighted by molar-refractivity contribution is -0.137. The predicted octanol–water partition coefficient (Wildman–Crippen LogP) is 4.64. The molecule has 31 heavy (non-hydrogen) atoms. The molecule has 1 aliphatic heterocycles. The molecule has 10 heteroatoms. The molecule has 0 saturated heterocycles. The number of nitrogens with zero attached hydrogens (tertiary/aromatic N) is 6. The Morgan fingerprint density at radius 3 is 2.52 bits per heavy atom. The minimum absolute atomic E-state index is 0.0790. The van der Waals surface area contributed by atoms with Gasteiger partial charge in [0, 0.05) is 11.4 Å². The van der Waals surface area contributed by atoms with Crippen molar-refractivity contribution in [1.29, 1.82) is 5.26 Å². The highest BCUT2D eigenvalue weighted by molar-refractivity contribution is 5.68. The van der Waals surface area contributed by atoms with Crippen molar-refractivity contribution in [2.75, 3.05) is 10.6 Å². The normalized spacial score (nSPS) is 15.9. The van der Waals surface area contributed by atoms with Crippen LogP contribution in [-0.2, 0) is 6.18 Å².